The number of halogens is 5. The largest absolute Gasteiger partial charge is 0.260 e. The van der Waals surface area contributed by atoms with Gasteiger partial charge in [0.25, 0.3) is 0 Å². The van der Waals surface area contributed by atoms with E-state index < -0.39 is 0 Å². The summed E-state index contributed by atoms with van der Waals surface area (Å²) < 4.78 is 3.09. The van der Waals surface area contributed by atoms with Gasteiger partial charge < -0.3 is 0 Å². The quantitative estimate of drug-likeness (QED) is 0.314. The predicted octanol–water partition coefficient (Wildman–Crippen LogP) is 5.96. The second-order valence-electron chi connectivity index (χ2n) is 2.90. The Balaban J connectivity index is 3.08. The normalized spacial score (nSPS) is 10.9. The van der Waals surface area contributed by atoms with Gasteiger partial charge in [-0.2, -0.15) is 0 Å². The van der Waals surface area contributed by atoms with Crippen LogP contribution in [-0.4, -0.2) is 6.54 Å². The average Bonchev–Trinajstić information content (AvgIpc) is 2.28. The zero-order valence-electron chi connectivity index (χ0n) is 8.21. The minimum atomic E-state index is 0.179. The van der Waals surface area contributed by atoms with Gasteiger partial charge in [-0.15, -0.1) is 0 Å². The molecule has 1 aromatic rings. The maximum atomic E-state index is 6.03. The first kappa shape index (κ1) is 15.0. The summed E-state index contributed by atoms with van der Waals surface area (Å²) in [4.78, 5) is 0.594. The first-order chi connectivity index (χ1) is 7.50. The average molecular weight is 340 g/mol. The fourth-order valence-electron chi connectivity index (χ4n) is 0.900. The molecule has 0 aliphatic rings. The Kier molecular flexibility index (Phi) is 6.38. The van der Waals surface area contributed by atoms with Gasteiger partial charge >= 0.3 is 0 Å². The third-order valence-corrected chi connectivity index (χ3v) is 5.16. The molecule has 0 radical (unpaired) electrons. The molecule has 90 valence electrons. The van der Waals surface area contributed by atoms with Gasteiger partial charge in [0.05, 0.1) is 30.0 Å². The van der Waals surface area contributed by atoms with Crippen LogP contribution in [0.4, 0.5) is 0 Å². The van der Waals surface area contributed by atoms with E-state index in [2.05, 4.69) is 11.6 Å². The van der Waals surface area contributed by atoms with Gasteiger partial charge in [0, 0.05) is 6.54 Å². The van der Waals surface area contributed by atoms with Crippen molar-refractivity contribution in [1.82, 2.24) is 4.72 Å². The second kappa shape index (κ2) is 6.79. The summed E-state index contributed by atoms with van der Waals surface area (Å²) in [7, 11) is 0. The minimum Gasteiger partial charge on any atom is -0.260 e. The molecule has 1 N–H and O–H groups in total. The van der Waals surface area contributed by atoms with E-state index in [-0.39, 0.29) is 15.1 Å². The van der Waals surface area contributed by atoms with Gasteiger partial charge in [-0.3, -0.25) is 4.72 Å². The molecule has 7 heteroatoms. The van der Waals surface area contributed by atoms with Crippen LogP contribution < -0.4 is 4.72 Å². The molecule has 0 atom stereocenters. The first-order valence-electron chi connectivity index (χ1n) is 4.41. The van der Waals surface area contributed by atoms with E-state index in [0.717, 1.165) is 13.0 Å². The van der Waals surface area contributed by atoms with E-state index in [0.29, 0.717) is 14.9 Å². The molecule has 0 spiro atoms. The molecular formula is C9H8Cl5NS. The molecule has 0 unspecified atom stereocenters. The molecule has 0 fully saturated rings. The minimum absolute atomic E-state index is 0.179. The van der Waals surface area contributed by atoms with Crippen LogP contribution in [-0.2, 0) is 0 Å². The molecule has 1 rings (SSSR count). The van der Waals surface area contributed by atoms with Gasteiger partial charge in [-0.25, -0.2) is 0 Å². The van der Waals surface area contributed by atoms with Gasteiger partial charge in [0.2, 0.25) is 0 Å². The van der Waals surface area contributed by atoms with E-state index in [1.54, 1.807) is 0 Å². The van der Waals surface area contributed by atoms with Crippen molar-refractivity contribution in [2.75, 3.05) is 6.54 Å². The molecule has 0 aromatic heterocycles. The molecule has 1 aromatic carbocycles. The van der Waals surface area contributed by atoms with Crippen LogP contribution in [0.3, 0.4) is 0 Å². The summed E-state index contributed by atoms with van der Waals surface area (Å²) in [5.74, 6) is 0. The summed E-state index contributed by atoms with van der Waals surface area (Å²) in [6, 6.07) is 0. The van der Waals surface area contributed by atoms with Gasteiger partial charge in [-0.1, -0.05) is 64.9 Å². The Morgan fingerprint density at radius 3 is 1.75 bits per heavy atom. The van der Waals surface area contributed by atoms with E-state index in [1.807, 2.05) is 0 Å². The van der Waals surface area contributed by atoms with Gasteiger partial charge in [0.15, 0.2) is 0 Å². The lowest BCUT2D eigenvalue weighted by molar-refractivity contribution is 0.877. The Labute approximate surface area is 124 Å². The molecule has 1 nitrogen and oxygen atoms in total. The van der Waals surface area contributed by atoms with Crippen molar-refractivity contribution in [3.05, 3.63) is 25.1 Å². The Bertz CT molecular complexity index is 367. The zero-order valence-corrected chi connectivity index (χ0v) is 12.8. The number of benzene rings is 1. The maximum Gasteiger partial charge on any atom is 0.0809 e. The lowest BCUT2D eigenvalue weighted by atomic mass is 10.3. The number of rotatable bonds is 4. The fourth-order valence-corrected chi connectivity index (χ4v) is 3.22. The van der Waals surface area contributed by atoms with Crippen molar-refractivity contribution in [3.63, 3.8) is 0 Å². The predicted molar refractivity (Wildman–Crippen MR) is 75.6 cm³/mol. The lowest BCUT2D eigenvalue weighted by Gasteiger charge is -2.11. The van der Waals surface area contributed by atoms with E-state index in [4.69, 9.17) is 58.0 Å². The summed E-state index contributed by atoms with van der Waals surface area (Å²) in [6.07, 6.45) is 0.997. The SMILES string of the molecule is CCCNSc1c(Cl)c(Cl)c(Cl)c(Cl)c1Cl. The summed E-state index contributed by atoms with van der Waals surface area (Å²) >= 11 is 31.1. The Hall–Kier alpha value is 0.980. The summed E-state index contributed by atoms with van der Waals surface area (Å²) in [6.45, 7) is 2.88. The second-order valence-corrected chi connectivity index (χ2v) is 5.69. The van der Waals surface area contributed by atoms with Crippen molar-refractivity contribution in [2.45, 2.75) is 18.2 Å². The highest BCUT2D eigenvalue weighted by atomic mass is 35.5. The first-order valence-corrected chi connectivity index (χ1v) is 7.12. The molecule has 0 saturated carbocycles. The highest BCUT2D eigenvalue weighted by Crippen LogP contribution is 2.47. The van der Waals surface area contributed by atoms with Crippen LogP contribution in [0.25, 0.3) is 0 Å². The standard InChI is InChI=1S/C9H8Cl5NS/c1-2-3-15-16-9-7(13)5(11)4(10)6(12)8(9)14/h15H,2-3H2,1H3. The van der Waals surface area contributed by atoms with Crippen LogP contribution in [0.1, 0.15) is 13.3 Å². The Morgan fingerprint density at radius 1 is 0.875 bits per heavy atom. The zero-order chi connectivity index (χ0) is 12.3. The molecule has 0 amide bonds. The molecule has 0 saturated heterocycles. The maximum absolute atomic E-state index is 6.03. The highest BCUT2D eigenvalue weighted by Gasteiger charge is 2.19. The third-order valence-electron chi connectivity index (χ3n) is 1.70. The van der Waals surface area contributed by atoms with Crippen LogP contribution >= 0.6 is 70.0 Å². The van der Waals surface area contributed by atoms with Gasteiger partial charge in [-0.05, 0) is 18.4 Å². The molecule has 0 aliphatic heterocycles. The molecule has 0 heterocycles. The number of hydrogen-bond donors (Lipinski definition) is 1. The smallest absolute Gasteiger partial charge is 0.0809 e. The van der Waals surface area contributed by atoms with Crippen molar-refractivity contribution in [1.29, 1.82) is 0 Å². The summed E-state index contributed by atoms with van der Waals surface area (Å²) in [5.41, 5.74) is 0. The van der Waals surface area contributed by atoms with Crippen LogP contribution in [0.5, 0.6) is 0 Å². The monoisotopic (exact) mass is 337 g/mol. The third kappa shape index (κ3) is 3.26. The van der Waals surface area contributed by atoms with Crippen molar-refractivity contribution >= 4 is 70.0 Å². The van der Waals surface area contributed by atoms with E-state index in [9.17, 15) is 0 Å². The molecule has 0 aliphatic carbocycles. The van der Waals surface area contributed by atoms with E-state index in [1.165, 1.54) is 11.9 Å². The lowest BCUT2D eigenvalue weighted by Crippen LogP contribution is -2.04. The fraction of sp³-hybridized carbons (Fsp3) is 0.333. The topological polar surface area (TPSA) is 12.0 Å². The van der Waals surface area contributed by atoms with Crippen LogP contribution in [0.15, 0.2) is 4.90 Å². The Morgan fingerprint density at radius 2 is 1.31 bits per heavy atom. The van der Waals surface area contributed by atoms with Crippen molar-refractivity contribution in [2.24, 2.45) is 0 Å². The summed E-state index contributed by atoms with van der Waals surface area (Å²) in [5, 5.41) is 1.25. The van der Waals surface area contributed by atoms with Crippen molar-refractivity contribution < 1.29 is 0 Å². The van der Waals surface area contributed by atoms with E-state index >= 15 is 0 Å². The molecule has 16 heavy (non-hydrogen) atoms. The molecular weight excluding hydrogens is 331 g/mol. The molecule has 0 bridgehead atoms. The number of hydrogen-bond acceptors (Lipinski definition) is 2. The highest BCUT2D eigenvalue weighted by molar-refractivity contribution is 7.97. The van der Waals surface area contributed by atoms with Gasteiger partial charge in [0.1, 0.15) is 0 Å². The number of nitrogens with one attached hydrogen (secondary N) is 1. The van der Waals surface area contributed by atoms with Crippen LogP contribution in [0, 0.1) is 0 Å². The van der Waals surface area contributed by atoms with Crippen LogP contribution in [0.2, 0.25) is 25.1 Å². The van der Waals surface area contributed by atoms with Crippen molar-refractivity contribution in [3.8, 4) is 0 Å².